The molecule has 0 aliphatic carbocycles. The molecule has 0 aliphatic rings. The van der Waals surface area contributed by atoms with Gasteiger partial charge in [-0.2, -0.15) is 5.10 Å². The maximum atomic E-state index is 11.9. The first-order chi connectivity index (χ1) is 8.59. The molecule has 0 radical (unpaired) electrons. The predicted molar refractivity (Wildman–Crippen MR) is 64.4 cm³/mol. The van der Waals surface area contributed by atoms with Crippen LogP contribution in [0.5, 0.6) is 0 Å². The number of aromatic nitrogens is 2. The second-order valence-corrected chi connectivity index (χ2v) is 3.62. The van der Waals surface area contributed by atoms with Crippen molar-refractivity contribution in [2.24, 2.45) is 0 Å². The van der Waals surface area contributed by atoms with E-state index in [0.29, 0.717) is 5.69 Å². The zero-order chi connectivity index (χ0) is 13.1. The number of nitro groups is 1. The topological polar surface area (TPSA) is 101 Å². The molecule has 2 rings (SSSR count). The molecule has 7 heteroatoms. The first-order valence-electron chi connectivity index (χ1n) is 5.15. The zero-order valence-electron chi connectivity index (χ0n) is 9.51. The van der Waals surface area contributed by atoms with E-state index in [2.05, 4.69) is 15.5 Å². The molecule has 0 atom stereocenters. The molecule has 0 aliphatic heterocycles. The molecule has 2 aromatic rings. The molecule has 1 aromatic carbocycles. The third kappa shape index (κ3) is 2.19. The normalized spacial score (nSPS) is 10.1. The Balaban J connectivity index is 2.27. The van der Waals surface area contributed by atoms with E-state index >= 15 is 0 Å². The molecule has 1 aromatic heterocycles. The van der Waals surface area contributed by atoms with E-state index in [0.717, 1.165) is 0 Å². The quantitative estimate of drug-likeness (QED) is 0.637. The van der Waals surface area contributed by atoms with Crippen LogP contribution in [-0.4, -0.2) is 21.0 Å². The fourth-order valence-electron chi connectivity index (χ4n) is 1.52. The van der Waals surface area contributed by atoms with Crippen molar-refractivity contribution in [2.75, 3.05) is 5.32 Å². The van der Waals surface area contributed by atoms with Gasteiger partial charge in [-0.15, -0.1) is 0 Å². The van der Waals surface area contributed by atoms with Crippen LogP contribution in [0.4, 0.5) is 11.4 Å². The van der Waals surface area contributed by atoms with Crippen LogP contribution in [0.3, 0.4) is 0 Å². The van der Waals surface area contributed by atoms with Crippen molar-refractivity contribution in [2.45, 2.75) is 6.92 Å². The minimum absolute atomic E-state index is 0.221. The van der Waals surface area contributed by atoms with E-state index in [1.807, 2.05) is 0 Å². The number of H-pyrrole nitrogens is 1. The summed E-state index contributed by atoms with van der Waals surface area (Å²) in [6.45, 7) is 1.49. The number of hydrogen-bond donors (Lipinski definition) is 2. The third-order valence-corrected chi connectivity index (χ3v) is 2.34. The van der Waals surface area contributed by atoms with Crippen molar-refractivity contribution in [1.82, 2.24) is 10.2 Å². The minimum atomic E-state index is -0.626. The van der Waals surface area contributed by atoms with Gasteiger partial charge >= 0.3 is 5.69 Å². The molecule has 0 spiro atoms. The Labute approximate surface area is 102 Å². The molecule has 0 saturated heterocycles. The van der Waals surface area contributed by atoms with Crippen LogP contribution in [-0.2, 0) is 0 Å². The lowest BCUT2D eigenvalue weighted by Crippen LogP contribution is -2.14. The Bertz CT molecular complexity index is 592. The lowest BCUT2D eigenvalue weighted by Gasteiger charge is -2.01. The van der Waals surface area contributed by atoms with Crippen LogP contribution in [0, 0.1) is 17.0 Å². The maximum absolute atomic E-state index is 11.9. The maximum Gasteiger partial charge on any atom is 0.322 e. The Morgan fingerprint density at radius 1 is 1.39 bits per heavy atom. The lowest BCUT2D eigenvalue weighted by molar-refractivity contribution is -0.385. The van der Waals surface area contributed by atoms with Gasteiger partial charge in [0, 0.05) is 5.69 Å². The summed E-state index contributed by atoms with van der Waals surface area (Å²) in [6.07, 6.45) is 0. The third-order valence-electron chi connectivity index (χ3n) is 2.34. The second kappa shape index (κ2) is 4.66. The molecule has 92 valence electrons. The number of aromatic amines is 1. The van der Waals surface area contributed by atoms with Gasteiger partial charge in [-0.3, -0.25) is 20.0 Å². The van der Waals surface area contributed by atoms with Crippen molar-refractivity contribution < 1.29 is 9.72 Å². The van der Waals surface area contributed by atoms with Gasteiger partial charge in [0.15, 0.2) is 0 Å². The van der Waals surface area contributed by atoms with Gasteiger partial charge in [0.1, 0.15) is 5.69 Å². The van der Waals surface area contributed by atoms with E-state index in [9.17, 15) is 14.9 Å². The SMILES string of the molecule is Cc1[nH]nc(C(=O)Nc2ccccc2)c1[N+](=O)[O-]. The van der Waals surface area contributed by atoms with Crippen LogP contribution < -0.4 is 5.32 Å². The summed E-state index contributed by atoms with van der Waals surface area (Å²) in [5.41, 5.74) is 0.278. The molecule has 1 heterocycles. The van der Waals surface area contributed by atoms with E-state index in [4.69, 9.17) is 0 Å². The van der Waals surface area contributed by atoms with Crippen molar-refractivity contribution >= 4 is 17.3 Å². The first kappa shape index (κ1) is 11.8. The number of aryl methyl sites for hydroxylation is 1. The molecule has 0 fully saturated rings. The van der Waals surface area contributed by atoms with Gasteiger partial charge in [-0.25, -0.2) is 0 Å². The summed E-state index contributed by atoms with van der Waals surface area (Å²) in [7, 11) is 0. The van der Waals surface area contributed by atoms with Crippen molar-refractivity contribution in [1.29, 1.82) is 0 Å². The standard InChI is InChI=1S/C11H10N4O3/c1-7-10(15(17)18)9(14-13-7)11(16)12-8-5-3-2-4-6-8/h2-6H,1H3,(H,12,16)(H,13,14). The largest absolute Gasteiger partial charge is 0.322 e. The van der Waals surface area contributed by atoms with Crippen LogP contribution in [0.15, 0.2) is 30.3 Å². The first-order valence-corrected chi connectivity index (χ1v) is 5.15. The zero-order valence-corrected chi connectivity index (χ0v) is 9.51. The van der Waals surface area contributed by atoms with Crippen molar-refractivity contribution in [3.05, 3.63) is 51.8 Å². The van der Waals surface area contributed by atoms with E-state index < -0.39 is 10.8 Å². The number of carbonyl (C=O) groups excluding carboxylic acids is 1. The Morgan fingerprint density at radius 2 is 2.06 bits per heavy atom. The highest BCUT2D eigenvalue weighted by atomic mass is 16.6. The Kier molecular flexibility index (Phi) is 3.05. The van der Waals surface area contributed by atoms with Gasteiger partial charge in [0.25, 0.3) is 5.91 Å². The summed E-state index contributed by atoms with van der Waals surface area (Å²) >= 11 is 0. The highest BCUT2D eigenvalue weighted by Gasteiger charge is 2.26. The number of hydrogen-bond acceptors (Lipinski definition) is 4. The van der Waals surface area contributed by atoms with E-state index in [-0.39, 0.29) is 17.1 Å². The number of rotatable bonds is 3. The Hall–Kier alpha value is -2.70. The average molecular weight is 246 g/mol. The molecular weight excluding hydrogens is 236 g/mol. The highest BCUT2D eigenvalue weighted by Crippen LogP contribution is 2.21. The number of nitrogens with one attached hydrogen (secondary N) is 2. The van der Waals surface area contributed by atoms with Crippen LogP contribution in [0.25, 0.3) is 0 Å². The smallest absolute Gasteiger partial charge is 0.320 e. The van der Waals surface area contributed by atoms with Gasteiger partial charge in [-0.1, -0.05) is 18.2 Å². The monoisotopic (exact) mass is 246 g/mol. The fraction of sp³-hybridized carbons (Fsp3) is 0.0909. The van der Waals surface area contributed by atoms with Crippen molar-refractivity contribution in [3.63, 3.8) is 0 Å². The molecule has 1 amide bonds. The summed E-state index contributed by atoms with van der Waals surface area (Å²) in [6, 6.07) is 8.67. The number of amides is 1. The summed E-state index contributed by atoms with van der Waals surface area (Å²) in [4.78, 5) is 22.1. The molecule has 7 nitrogen and oxygen atoms in total. The van der Waals surface area contributed by atoms with Crippen LogP contribution >= 0.6 is 0 Å². The van der Waals surface area contributed by atoms with Crippen LogP contribution in [0.1, 0.15) is 16.2 Å². The van der Waals surface area contributed by atoms with Gasteiger partial charge in [0.2, 0.25) is 5.69 Å². The molecular formula is C11H10N4O3. The summed E-state index contributed by atoms with van der Waals surface area (Å²) in [5, 5.41) is 19.5. The van der Waals surface area contributed by atoms with Crippen LogP contribution in [0.2, 0.25) is 0 Å². The summed E-state index contributed by atoms with van der Waals surface area (Å²) < 4.78 is 0. The molecule has 2 N–H and O–H groups in total. The van der Waals surface area contributed by atoms with Crippen molar-refractivity contribution in [3.8, 4) is 0 Å². The highest BCUT2D eigenvalue weighted by molar-refractivity contribution is 6.05. The number of anilines is 1. The minimum Gasteiger partial charge on any atom is -0.320 e. The van der Waals surface area contributed by atoms with E-state index in [1.54, 1.807) is 30.3 Å². The summed E-state index contributed by atoms with van der Waals surface area (Å²) in [5.74, 6) is -0.614. The van der Waals surface area contributed by atoms with E-state index in [1.165, 1.54) is 6.92 Å². The average Bonchev–Trinajstić information content (AvgIpc) is 2.72. The van der Waals surface area contributed by atoms with Gasteiger partial charge in [-0.05, 0) is 19.1 Å². The Morgan fingerprint density at radius 3 is 2.67 bits per heavy atom. The number of nitrogens with zero attached hydrogens (tertiary/aromatic N) is 2. The molecule has 0 saturated carbocycles. The molecule has 0 unspecified atom stereocenters. The van der Waals surface area contributed by atoms with Gasteiger partial charge < -0.3 is 5.32 Å². The predicted octanol–water partition coefficient (Wildman–Crippen LogP) is 1.88. The van der Waals surface area contributed by atoms with Gasteiger partial charge in [0.05, 0.1) is 4.92 Å². The molecule has 0 bridgehead atoms. The lowest BCUT2D eigenvalue weighted by atomic mass is 10.2. The number of para-hydroxylation sites is 1. The number of benzene rings is 1. The number of carbonyl (C=O) groups is 1. The second-order valence-electron chi connectivity index (χ2n) is 3.62. The molecule has 18 heavy (non-hydrogen) atoms. The fourth-order valence-corrected chi connectivity index (χ4v) is 1.52.